The molecule has 1 N–H and O–H groups in total. The second-order valence-corrected chi connectivity index (χ2v) is 5.54. The molecule has 0 atom stereocenters. The molecule has 0 bridgehead atoms. The summed E-state index contributed by atoms with van der Waals surface area (Å²) in [7, 11) is 0. The maximum absolute atomic E-state index is 13.6. The van der Waals surface area contributed by atoms with Crippen molar-refractivity contribution < 1.29 is 14.1 Å². The Morgan fingerprint density at radius 2 is 2.16 bits per heavy atom. The van der Waals surface area contributed by atoms with Crippen molar-refractivity contribution in [3.05, 3.63) is 69.9 Å². The van der Waals surface area contributed by atoms with Gasteiger partial charge in [0.15, 0.2) is 0 Å². The number of nitro benzene ring substituents is 1. The summed E-state index contributed by atoms with van der Waals surface area (Å²) < 4.78 is 15.5. The molecule has 2 aromatic heterocycles. The van der Waals surface area contributed by atoms with Crippen molar-refractivity contribution in [1.82, 2.24) is 9.38 Å². The van der Waals surface area contributed by atoms with Gasteiger partial charge in [-0.25, -0.2) is 4.98 Å². The molecular weight excluding hydrogens is 327 g/mol. The molecule has 1 aromatic carbocycles. The molecule has 0 saturated heterocycles. The summed E-state index contributed by atoms with van der Waals surface area (Å²) in [6.45, 7) is 1.88. The fourth-order valence-electron chi connectivity index (χ4n) is 2.65. The highest BCUT2D eigenvalue weighted by Crippen LogP contribution is 2.21. The van der Waals surface area contributed by atoms with E-state index in [-0.39, 0.29) is 18.0 Å². The lowest BCUT2D eigenvalue weighted by atomic mass is 10.2. The molecule has 2 heterocycles. The molecule has 0 aliphatic rings. The standard InChI is InChI=1S/C17H15FN4O3/c1-11-14(21-9-3-2-4-16(21)19-11)7-8-17(23)20-12-5-6-15(22(24)25)13(18)10-12/h2-6,9-10H,7-8H2,1H3,(H,20,23). The van der Waals surface area contributed by atoms with Gasteiger partial charge in [-0.3, -0.25) is 14.9 Å². The first-order valence-corrected chi connectivity index (χ1v) is 7.62. The third kappa shape index (κ3) is 3.47. The number of carbonyl (C=O) groups is 1. The molecular formula is C17H15FN4O3. The number of carbonyl (C=O) groups excluding carboxylic acids is 1. The number of aryl methyl sites for hydroxylation is 2. The molecule has 0 radical (unpaired) electrons. The van der Waals surface area contributed by atoms with E-state index >= 15 is 0 Å². The fourth-order valence-corrected chi connectivity index (χ4v) is 2.65. The number of nitrogens with zero attached hydrogens (tertiary/aromatic N) is 3. The average Bonchev–Trinajstić information content (AvgIpc) is 2.88. The molecule has 3 rings (SSSR count). The summed E-state index contributed by atoms with van der Waals surface area (Å²) in [6.07, 6.45) is 2.54. The number of halogens is 1. The number of aromatic nitrogens is 2. The first kappa shape index (κ1) is 16.6. The van der Waals surface area contributed by atoms with Gasteiger partial charge < -0.3 is 9.72 Å². The van der Waals surface area contributed by atoms with E-state index in [9.17, 15) is 19.3 Å². The second kappa shape index (κ2) is 6.68. The summed E-state index contributed by atoms with van der Waals surface area (Å²) in [5, 5.41) is 13.1. The number of fused-ring (bicyclic) bond motifs is 1. The maximum Gasteiger partial charge on any atom is 0.304 e. The maximum atomic E-state index is 13.6. The molecule has 0 spiro atoms. The van der Waals surface area contributed by atoms with Gasteiger partial charge >= 0.3 is 5.69 Å². The number of hydrogen-bond acceptors (Lipinski definition) is 4. The highest BCUT2D eigenvalue weighted by molar-refractivity contribution is 5.91. The van der Waals surface area contributed by atoms with Gasteiger partial charge in [0.05, 0.1) is 10.6 Å². The SMILES string of the molecule is Cc1nc2ccccn2c1CCC(=O)Nc1ccc([N+](=O)[O-])c(F)c1. The molecule has 3 aromatic rings. The predicted molar refractivity (Wildman–Crippen MR) is 89.9 cm³/mol. The van der Waals surface area contributed by atoms with Crippen LogP contribution in [0.15, 0.2) is 42.6 Å². The van der Waals surface area contributed by atoms with E-state index < -0.39 is 16.4 Å². The Hall–Kier alpha value is -3.29. The number of rotatable bonds is 5. The molecule has 0 fully saturated rings. The van der Waals surface area contributed by atoms with Crippen LogP contribution in [0.1, 0.15) is 17.8 Å². The van der Waals surface area contributed by atoms with Crippen molar-refractivity contribution in [2.45, 2.75) is 19.8 Å². The predicted octanol–water partition coefficient (Wildman–Crippen LogP) is 3.26. The van der Waals surface area contributed by atoms with Crippen LogP contribution in [0.5, 0.6) is 0 Å². The van der Waals surface area contributed by atoms with Gasteiger partial charge in [-0.2, -0.15) is 4.39 Å². The molecule has 25 heavy (non-hydrogen) atoms. The summed E-state index contributed by atoms with van der Waals surface area (Å²) >= 11 is 0. The largest absolute Gasteiger partial charge is 0.326 e. The van der Waals surface area contributed by atoms with E-state index in [1.54, 1.807) is 0 Å². The van der Waals surface area contributed by atoms with Crippen molar-refractivity contribution in [2.75, 3.05) is 5.32 Å². The zero-order chi connectivity index (χ0) is 18.0. The van der Waals surface area contributed by atoms with Crippen LogP contribution in [0.4, 0.5) is 15.8 Å². The number of amides is 1. The van der Waals surface area contributed by atoms with Crippen LogP contribution < -0.4 is 5.32 Å². The van der Waals surface area contributed by atoms with Gasteiger partial charge in [0.2, 0.25) is 11.7 Å². The first-order valence-electron chi connectivity index (χ1n) is 7.62. The van der Waals surface area contributed by atoms with Gasteiger partial charge in [-0.05, 0) is 31.5 Å². The zero-order valence-corrected chi connectivity index (χ0v) is 13.4. The lowest BCUT2D eigenvalue weighted by Gasteiger charge is -2.06. The molecule has 0 unspecified atom stereocenters. The van der Waals surface area contributed by atoms with Crippen molar-refractivity contribution >= 4 is 22.9 Å². The summed E-state index contributed by atoms with van der Waals surface area (Å²) in [6, 6.07) is 8.93. The highest BCUT2D eigenvalue weighted by atomic mass is 19.1. The summed E-state index contributed by atoms with van der Waals surface area (Å²) in [5.74, 6) is -1.29. The van der Waals surface area contributed by atoms with Crippen LogP contribution in [0.3, 0.4) is 0 Å². The average molecular weight is 342 g/mol. The van der Waals surface area contributed by atoms with Gasteiger partial charge in [0.25, 0.3) is 0 Å². The number of nitrogens with one attached hydrogen (secondary N) is 1. The molecule has 7 nitrogen and oxygen atoms in total. The Kier molecular flexibility index (Phi) is 4.42. The Morgan fingerprint density at radius 3 is 2.88 bits per heavy atom. The third-order valence-corrected chi connectivity index (χ3v) is 3.85. The lowest BCUT2D eigenvalue weighted by Crippen LogP contribution is -2.13. The van der Waals surface area contributed by atoms with E-state index in [1.807, 2.05) is 35.7 Å². The molecule has 0 aliphatic carbocycles. The third-order valence-electron chi connectivity index (χ3n) is 3.85. The number of imidazole rings is 1. The number of anilines is 1. The monoisotopic (exact) mass is 342 g/mol. The molecule has 0 saturated carbocycles. The molecule has 0 aliphatic heterocycles. The zero-order valence-electron chi connectivity index (χ0n) is 13.4. The number of nitro groups is 1. The van der Waals surface area contributed by atoms with Crippen LogP contribution in [-0.2, 0) is 11.2 Å². The highest BCUT2D eigenvalue weighted by Gasteiger charge is 2.15. The normalized spacial score (nSPS) is 10.8. The summed E-state index contributed by atoms with van der Waals surface area (Å²) in [5.41, 5.74) is 2.15. The Bertz CT molecular complexity index is 968. The number of hydrogen-bond donors (Lipinski definition) is 1. The van der Waals surface area contributed by atoms with Gasteiger partial charge in [0, 0.05) is 36.1 Å². The van der Waals surface area contributed by atoms with Gasteiger partial charge in [-0.15, -0.1) is 0 Å². The van der Waals surface area contributed by atoms with Crippen LogP contribution in [0.25, 0.3) is 5.65 Å². The molecule has 128 valence electrons. The van der Waals surface area contributed by atoms with E-state index in [0.29, 0.717) is 6.42 Å². The van der Waals surface area contributed by atoms with Crippen molar-refractivity contribution in [3.8, 4) is 0 Å². The smallest absolute Gasteiger partial charge is 0.304 e. The van der Waals surface area contributed by atoms with Crippen LogP contribution in [0, 0.1) is 22.9 Å². The Morgan fingerprint density at radius 1 is 1.36 bits per heavy atom. The minimum Gasteiger partial charge on any atom is -0.326 e. The van der Waals surface area contributed by atoms with E-state index in [0.717, 1.165) is 29.2 Å². The Labute approximate surface area is 142 Å². The number of benzene rings is 1. The molecule has 8 heteroatoms. The van der Waals surface area contributed by atoms with E-state index in [4.69, 9.17) is 0 Å². The fraction of sp³-hybridized carbons (Fsp3) is 0.176. The Balaban J connectivity index is 1.68. The quantitative estimate of drug-likeness (QED) is 0.569. The van der Waals surface area contributed by atoms with Gasteiger partial charge in [-0.1, -0.05) is 6.07 Å². The first-order chi connectivity index (χ1) is 12.0. The molecule has 1 amide bonds. The number of pyridine rings is 1. The topological polar surface area (TPSA) is 89.5 Å². The van der Waals surface area contributed by atoms with Gasteiger partial charge in [0.1, 0.15) is 5.65 Å². The second-order valence-electron chi connectivity index (χ2n) is 5.54. The van der Waals surface area contributed by atoms with Crippen LogP contribution in [0.2, 0.25) is 0 Å². The summed E-state index contributed by atoms with van der Waals surface area (Å²) in [4.78, 5) is 26.3. The van der Waals surface area contributed by atoms with E-state index in [1.165, 1.54) is 6.07 Å². The van der Waals surface area contributed by atoms with Crippen molar-refractivity contribution in [3.63, 3.8) is 0 Å². The van der Waals surface area contributed by atoms with E-state index in [2.05, 4.69) is 10.3 Å². The van der Waals surface area contributed by atoms with Crippen molar-refractivity contribution in [2.24, 2.45) is 0 Å². The van der Waals surface area contributed by atoms with Crippen LogP contribution in [-0.4, -0.2) is 20.2 Å². The lowest BCUT2D eigenvalue weighted by molar-refractivity contribution is -0.387. The minimum absolute atomic E-state index is 0.183. The van der Waals surface area contributed by atoms with Crippen LogP contribution >= 0.6 is 0 Å². The minimum atomic E-state index is -0.986. The van der Waals surface area contributed by atoms with Crippen molar-refractivity contribution in [1.29, 1.82) is 0 Å².